The first-order valence-corrected chi connectivity index (χ1v) is 9.24. The molecule has 156 valence electrons. The fraction of sp³-hybridized carbons (Fsp3) is 0.174. The number of nitrogens with one attached hydrogen (secondary N) is 2. The molecule has 30 heavy (non-hydrogen) atoms. The average molecular weight is 408 g/mol. The van der Waals surface area contributed by atoms with Gasteiger partial charge in [0.15, 0.2) is 6.61 Å². The molecule has 0 aliphatic heterocycles. The van der Waals surface area contributed by atoms with Crippen LogP contribution in [0.5, 0.6) is 5.75 Å². The van der Waals surface area contributed by atoms with Gasteiger partial charge in [-0.2, -0.15) is 0 Å². The molecule has 0 fully saturated rings. The molecule has 2 aromatic rings. The third-order valence-corrected chi connectivity index (χ3v) is 3.89. The Hall–Kier alpha value is -3.87. The molecule has 0 spiro atoms. The van der Waals surface area contributed by atoms with Gasteiger partial charge in [-0.1, -0.05) is 42.5 Å². The summed E-state index contributed by atoms with van der Waals surface area (Å²) in [5, 5.41) is 4.69. The first kappa shape index (κ1) is 22.4. The van der Waals surface area contributed by atoms with Crippen molar-refractivity contribution >= 4 is 29.7 Å². The Morgan fingerprint density at radius 3 is 2.47 bits per heavy atom. The van der Waals surface area contributed by atoms with Crippen molar-refractivity contribution in [1.82, 2.24) is 5.32 Å². The van der Waals surface area contributed by atoms with Gasteiger partial charge >= 0.3 is 12.0 Å². The average Bonchev–Trinajstić information content (AvgIpc) is 2.72. The monoisotopic (exact) mass is 408 g/mol. The number of esters is 1. The predicted molar refractivity (Wildman–Crippen MR) is 115 cm³/mol. The fourth-order valence-electron chi connectivity index (χ4n) is 2.45. The van der Waals surface area contributed by atoms with Crippen molar-refractivity contribution in [1.29, 1.82) is 0 Å². The highest BCUT2D eigenvalue weighted by molar-refractivity contribution is 6.02. The maximum atomic E-state index is 11.9. The number of amides is 3. The maximum Gasteiger partial charge on any atom is 0.331 e. The standard InChI is InChI=1S/C23H24N2O5/c1-4-13-29-19-9-6-18(7-10-19)8-12-22(27)30-15-21(26)25-23(28)24-20-11-5-16(2)14-17(20)3/h4-12,14H,1,13,15H2,2-3H3,(H2,24,25,26,28)/b12-8+. The number of imide groups is 1. The van der Waals surface area contributed by atoms with Gasteiger partial charge in [-0.15, -0.1) is 0 Å². The Labute approximate surface area is 175 Å². The van der Waals surface area contributed by atoms with Crippen molar-refractivity contribution in [2.24, 2.45) is 0 Å². The SMILES string of the molecule is C=CCOc1ccc(/C=C/C(=O)OCC(=O)NC(=O)Nc2ccc(C)cc2C)cc1. The topological polar surface area (TPSA) is 93.7 Å². The largest absolute Gasteiger partial charge is 0.490 e. The molecule has 0 saturated carbocycles. The van der Waals surface area contributed by atoms with Gasteiger partial charge in [0.2, 0.25) is 0 Å². The van der Waals surface area contributed by atoms with E-state index in [0.29, 0.717) is 18.0 Å². The van der Waals surface area contributed by atoms with Crippen LogP contribution < -0.4 is 15.4 Å². The number of carbonyl (C=O) groups excluding carboxylic acids is 3. The zero-order chi connectivity index (χ0) is 21.9. The van der Waals surface area contributed by atoms with E-state index in [9.17, 15) is 14.4 Å². The van der Waals surface area contributed by atoms with Gasteiger partial charge in [0.25, 0.3) is 5.91 Å². The number of hydrogen-bond acceptors (Lipinski definition) is 5. The van der Waals surface area contributed by atoms with Crippen molar-refractivity contribution in [3.8, 4) is 5.75 Å². The van der Waals surface area contributed by atoms with Crippen LogP contribution in [0.4, 0.5) is 10.5 Å². The summed E-state index contributed by atoms with van der Waals surface area (Å²) in [6, 6.07) is 11.9. The summed E-state index contributed by atoms with van der Waals surface area (Å²) in [6.07, 6.45) is 4.39. The third kappa shape index (κ3) is 7.63. The number of aryl methyl sites for hydroxylation is 2. The van der Waals surface area contributed by atoms with Crippen LogP contribution in [0.1, 0.15) is 16.7 Å². The second-order valence-corrected chi connectivity index (χ2v) is 6.43. The molecule has 7 nitrogen and oxygen atoms in total. The van der Waals surface area contributed by atoms with Crippen molar-refractivity contribution in [3.63, 3.8) is 0 Å². The van der Waals surface area contributed by atoms with E-state index in [1.807, 2.05) is 26.0 Å². The molecule has 0 radical (unpaired) electrons. The molecule has 3 amide bonds. The summed E-state index contributed by atoms with van der Waals surface area (Å²) >= 11 is 0. The minimum absolute atomic E-state index is 0.409. The van der Waals surface area contributed by atoms with E-state index in [1.54, 1.807) is 42.5 Å². The van der Waals surface area contributed by atoms with E-state index in [-0.39, 0.29) is 0 Å². The van der Waals surface area contributed by atoms with Gasteiger partial charge < -0.3 is 14.8 Å². The molecule has 0 atom stereocenters. The van der Waals surface area contributed by atoms with Crippen molar-refractivity contribution in [2.75, 3.05) is 18.5 Å². The molecule has 7 heteroatoms. The normalized spacial score (nSPS) is 10.3. The lowest BCUT2D eigenvalue weighted by Crippen LogP contribution is -2.37. The summed E-state index contributed by atoms with van der Waals surface area (Å²) in [7, 11) is 0. The van der Waals surface area contributed by atoms with Crippen LogP contribution in [0.15, 0.2) is 61.2 Å². The second-order valence-electron chi connectivity index (χ2n) is 6.43. The Kier molecular flexibility index (Phi) is 8.38. The second kappa shape index (κ2) is 11.2. The Balaban J connectivity index is 1.75. The summed E-state index contributed by atoms with van der Waals surface area (Å²) < 4.78 is 10.2. The van der Waals surface area contributed by atoms with Crippen molar-refractivity contribution < 1.29 is 23.9 Å². The Bertz CT molecular complexity index is 949. The summed E-state index contributed by atoms with van der Waals surface area (Å²) in [4.78, 5) is 35.4. The number of carbonyl (C=O) groups is 3. The molecule has 0 unspecified atom stereocenters. The van der Waals surface area contributed by atoms with Gasteiger partial charge in [0, 0.05) is 11.8 Å². The van der Waals surface area contributed by atoms with Crippen LogP contribution in [-0.2, 0) is 14.3 Å². The number of benzene rings is 2. The molecular formula is C23H24N2O5. The number of ether oxygens (including phenoxy) is 2. The van der Waals surface area contributed by atoms with Crippen molar-refractivity contribution in [2.45, 2.75) is 13.8 Å². The van der Waals surface area contributed by atoms with E-state index in [4.69, 9.17) is 9.47 Å². The fourth-order valence-corrected chi connectivity index (χ4v) is 2.45. The van der Waals surface area contributed by atoms with Crippen molar-refractivity contribution in [3.05, 3.63) is 77.9 Å². The zero-order valence-corrected chi connectivity index (χ0v) is 16.9. The molecule has 0 aromatic heterocycles. The van der Waals surface area contributed by atoms with Crippen LogP contribution in [-0.4, -0.2) is 31.1 Å². The first-order chi connectivity index (χ1) is 14.4. The minimum atomic E-state index is -0.734. The van der Waals surface area contributed by atoms with Crippen LogP contribution in [0, 0.1) is 13.8 Å². The summed E-state index contributed by atoms with van der Waals surface area (Å²) in [5.41, 5.74) is 3.28. The highest BCUT2D eigenvalue weighted by Crippen LogP contribution is 2.15. The van der Waals surface area contributed by atoms with Gasteiger partial charge in [-0.25, -0.2) is 9.59 Å². The highest BCUT2D eigenvalue weighted by atomic mass is 16.5. The Morgan fingerprint density at radius 2 is 1.80 bits per heavy atom. The molecule has 0 bridgehead atoms. The molecule has 0 aliphatic rings. The smallest absolute Gasteiger partial charge is 0.331 e. The van der Waals surface area contributed by atoms with Crippen LogP contribution in [0.2, 0.25) is 0 Å². The van der Waals surface area contributed by atoms with E-state index in [0.717, 1.165) is 16.7 Å². The summed E-state index contributed by atoms with van der Waals surface area (Å²) in [5.74, 6) is -0.750. The minimum Gasteiger partial charge on any atom is -0.490 e. The van der Waals surface area contributed by atoms with E-state index in [2.05, 4.69) is 17.2 Å². The lowest BCUT2D eigenvalue weighted by Gasteiger charge is -2.09. The highest BCUT2D eigenvalue weighted by Gasteiger charge is 2.11. The van der Waals surface area contributed by atoms with Gasteiger partial charge in [-0.05, 0) is 49.2 Å². The molecular weight excluding hydrogens is 384 g/mol. The van der Waals surface area contributed by atoms with Gasteiger partial charge in [0.1, 0.15) is 12.4 Å². The molecule has 2 N–H and O–H groups in total. The molecule has 0 heterocycles. The molecule has 2 rings (SSSR count). The van der Waals surface area contributed by atoms with Crippen LogP contribution in [0.25, 0.3) is 6.08 Å². The number of hydrogen-bond donors (Lipinski definition) is 2. The van der Waals surface area contributed by atoms with Gasteiger partial charge in [-0.3, -0.25) is 10.1 Å². The Morgan fingerprint density at radius 1 is 1.07 bits per heavy atom. The predicted octanol–water partition coefficient (Wildman–Crippen LogP) is 3.77. The third-order valence-electron chi connectivity index (χ3n) is 3.89. The van der Waals surface area contributed by atoms with Crippen LogP contribution >= 0.6 is 0 Å². The van der Waals surface area contributed by atoms with Gasteiger partial charge in [0.05, 0.1) is 0 Å². The maximum absolute atomic E-state index is 11.9. The number of urea groups is 1. The zero-order valence-electron chi connectivity index (χ0n) is 16.9. The molecule has 2 aromatic carbocycles. The number of rotatable bonds is 8. The molecule has 0 saturated heterocycles. The van der Waals surface area contributed by atoms with Crippen LogP contribution in [0.3, 0.4) is 0 Å². The first-order valence-electron chi connectivity index (χ1n) is 9.24. The van der Waals surface area contributed by atoms with E-state index in [1.165, 1.54) is 6.08 Å². The lowest BCUT2D eigenvalue weighted by molar-refractivity contribution is -0.143. The number of anilines is 1. The quantitative estimate of drug-likeness (QED) is 0.394. The lowest BCUT2D eigenvalue weighted by atomic mass is 10.1. The van der Waals surface area contributed by atoms with E-state index < -0.39 is 24.5 Å². The van der Waals surface area contributed by atoms with E-state index >= 15 is 0 Å². The molecule has 0 aliphatic carbocycles. The summed E-state index contributed by atoms with van der Waals surface area (Å²) in [6.45, 7) is 7.20.